The molecule has 32 heavy (non-hydrogen) atoms. The third-order valence-corrected chi connectivity index (χ3v) is 6.83. The number of thiazole rings is 1. The molecule has 2 aromatic heterocycles. The molecule has 5 rings (SSSR count). The van der Waals surface area contributed by atoms with E-state index in [0.717, 1.165) is 32.4 Å². The van der Waals surface area contributed by atoms with Gasteiger partial charge in [-0.3, -0.25) is 4.79 Å². The van der Waals surface area contributed by atoms with Crippen molar-refractivity contribution in [2.45, 2.75) is 13.3 Å². The highest BCUT2D eigenvalue weighted by atomic mass is 32.1. The number of amides is 1. The van der Waals surface area contributed by atoms with Crippen LogP contribution in [0, 0.1) is 18.6 Å². The van der Waals surface area contributed by atoms with Crippen LogP contribution in [0.4, 0.5) is 13.9 Å². The molecule has 1 aliphatic heterocycles. The van der Waals surface area contributed by atoms with Crippen molar-refractivity contribution in [1.82, 2.24) is 19.7 Å². The van der Waals surface area contributed by atoms with Crippen molar-refractivity contribution in [2.75, 3.05) is 31.1 Å². The Morgan fingerprint density at radius 1 is 0.969 bits per heavy atom. The van der Waals surface area contributed by atoms with Gasteiger partial charge in [0.2, 0.25) is 5.91 Å². The van der Waals surface area contributed by atoms with Gasteiger partial charge in [-0.2, -0.15) is 10.1 Å². The van der Waals surface area contributed by atoms with Crippen LogP contribution in [0.1, 0.15) is 11.3 Å². The highest BCUT2D eigenvalue weighted by molar-refractivity contribution is 7.22. The summed E-state index contributed by atoms with van der Waals surface area (Å²) in [5.74, 6) is -0.550. The van der Waals surface area contributed by atoms with E-state index in [4.69, 9.17) is 4.98 Å². The van der Waals surface area contributed by atoms with Gasteiger partial charge in [0.15, 0.2) is 10.8 Å². The zero-order chi connectivity index (χ0) is 22.2. The lowest BCUT2D eigenvalue weighted by atomic mass is 10.1. The fourth-order valence-electron chi connectivity index (χ4n) is 3.86. The topological polar surface area (TPSA) is 54.3 Å². The molecule has 164 valence electrons. The van der Waals surface area contributed by atoms with E-state index in [2.05, 4.69) is 10.00 Å². The smallest absolute Gasteiger partial charge is 0.227 e. The van der Waals surface area contributed by atoms with E-state index >= 15 is 0 Å². The highest BCUT2D eigenvalue weighted by Gasteiger charge is 2.25. The quantitative estimate of drug-likeness (QED) is 0.469. The van der Waals surface area contributed by atoms with Gasteiger partial charge in [0, 0.05) is 26.2 Å². The molecule has 0 N–H and O–H groups in total. The Hall–Kier alpha value is -3.33. The summed E-state index contributed by atoms with van der Waals surface area (Å²) in [4.78, 5) is 21.5. The van der Waals surface area contributed by atoms with Crippen molar-refractivity contribution in [1.29, 1.82) is 0 Å². The Balaban J connectivity index is 1.29. The summed E-state index contributed by atoms with van der Waals surface area (Å²) < 4.78 is 29.1. The zero-order valence-corrected chi connectivity index (χ0v) is 18.3. The molecule has 6 nitrogen and oxygen atoms in total. The molecular weight excluding hydrogens is 432 g/mol. The van der Waals surface area contributed by atoms with Crippen molar-refractivity contribution >= 4 is 32.7 Å². The first-order chi connectivity index (χ1) is 15.5. The van der Waals surface area contributed by atoms with E-state index in [1.807, 2.05) is 11.8 Å². The van der Waals surface area contributed by atoms with Crippen LogP contribution in [0.15, 0.2) is 48.5 Å². The van der Waals surface area contributed by atoms with Crippen LogP contribution in [0.5, 0.6) is 0 Å². The predicted octanol–water partition coefficient (Wildman–Crippen LogP) is 3.96. The standard InChI is InChI=1S/C23H21F2N5OS/c1-15-21-22(30(27-15)19-8-6-18(25)7-9-19)26-23(32-21)29-12-10-28(11-13-29)20(31)14-16-2-4-17(24)5-3-16/h2-9H,10-14H2,1H3. The number of rotatable bonds is 4. The lowest BCUT2D eigenvalue weighted by Crippen LogP contribution is -2.49. The summed E-state index contributed by atoms with van der Waals surface area (Å²) in [6, 6.07) is 12.2. The summed E-state index contributed by atoms with van der Waals surface area (Å²) in [7, 11) is 0. The van der Waals surface area contributed by atoms with Crippen molar-refractivity contribution in [3.8, 4) is 5.69 Å². The number of aromatic nitrogens is 3. The average Bonchev–Trinajstić information content (AvgIpc) is 3.37. The molecule has 0 atom stereocenters. The van der Waals surface area contributed by atoms with Crippen LogP contribution in [-0.4, -0.2) is 51.8 Å². The second-order valence-electron chi connectivity index (χ2n) is 7.79. The van der Waals surface area contributed by atoms with Gasteiger partial charge in [0.1, 0.15) is 11.6 Å². The van der Waals surface area contributed by atoms with Gasteiger partial charge < -0.3 is 9.80 Å². The third kappa shape index (κ3) is 3.95. The number of fused-ring (bicyclic) bond motifs is 1. The second kappa shape index (κ2) is 8.31. The minimum atomic E-state index is -0.302. The maximum atomic E-state index is 13.3. The van der Waals surface area contributed by atoms with Crippen molar-refractivity contribution in [3.05, 3.63) is 71.4 Å². The number of hydrogen-bond donors (Lipinski definition) is 0. The average molecular weight is 454 g/mol. The number of carbonyl (C=O) groups excluding carboxylic acids is 1. The largest absolute Gasteiger partial charge is 0.344 e. The van der Waals surface area contributed by atoms with E-state index in [1.54, 1.807) is 40.3 Å². The van der Waals surface area contributed by atoms with Crippen LogP contribution in [0.2, 0.25) is 0 Å². The van der Waals surface area contributed by atoms with E-state index in [-0.39, 0.29) is 24.0 Å². The SMILES string of the molecule is Cc1nn(-c2ccc(F)cc2)c2nc(N3CCN(C(=O)Cc4ccc(F)cc4)CC3)sc12. The fraction of sp³-hybridized carbons (Fsp3) is 0.261. The lowest BCUT2D eigenvalue weighted by molar-refractivity contribution is -0.130. The van der Waals surface area contributed by atoms with Crippen LogP contribution < -0.4 is 4.90 Å². The molecule has 0 spiro atoms. The molecular formula is C23H21F2N5OS. The van der Waals surface area contributed by atoms with Gasteiger partial charge in [-0.25, -0.2) is 13.5 Å². The molecule has 0 unspecified atom stereocenters. The van der Waals surface area contributed by atoms with Crippen LogP contribution in [-0.2, 0) is 11.2 Å². The number of halogens is 2. The lowest BCUT2D eigenvalue weighted by Gasteiger charge is -2.34. The van der Waals surface area contributed by atoms with Gasteiger partial charge in [0.05, 0.1) is 22.5 Å². The Labute approximate surface area is 187 Å². The summed E-state index contributed by atoms with van der Waals surface area (Å²) in [6.07, 6.45) is 0.272. The first-order valence-corrected chi connectivity index (χ1v) is 11.2. The van der Waals surface area contributed by atoms with Crippen LogP contribution in [0.25, 0.3) is 16.0 Å². The molecule has 1 saturated heterocycles. The molecule has 0 bridgehead atoms. The monoisotopic (exact) mass is 453 g/mol. The third-order valence-electron chi connectivity index (χ3n) is 5.62. The molecule has 1 fully saturated rings. The van der Waals surface area contributed by atoms with Crippen molar-refractivity contribution in [3.63, 3.8) is 0 Å². The molecule has 3 heterocycles. The summed E-state index contributed by atoms with van der Waals surface area (Å²) in [5.41, 5.74) is 3.20. The number of benzene rings is 2. The van der Waals surface area contributed by atoms with E-state index in [0.29, 0.717) is 26.2 Å². The number of aryl methyl sites for hydroxylation is 1. The Bertz CT molecular complexity index is 1260. The van der Waals surface area contributed by atoms with E-state index < -0.39 is 0 Å². The summed E-state index contributed by atoms with van der Waals surface area (Å²) in [5, 5.41) is 5.45. The number of piperazine rings is 1. The zero-order valence-electron chi connectivity index (χ0n) is 17.5. The van der Waals surface area contributed by atoms with Crippen molar-refractivity contribution in [2.24, 2.45) is 0 Å². The maximum Gasteiger partial charge on any atom is 0.227 e. The molecule has 0 radical (unpaired) electrons. The highest BCUT2D eigenvalue weighted by Crippen LogP contribution is 2.33. The number of carbonyl (C=O) groups is 1. The fourth-order valence-corrected chi connectivity index (χ4v) is 4.89. The molecule has 0 aliphatic carbocycles. The van der Waals surface area contributed by atoms with Gasteiger partial charge >= 0.3 is 0 Å². The molecule has 1 amide bonds. The van der Waals surface area contributed by atoms with Crippen LogP contribution in [0.3, 0.4) is 0 Å². The molecule has 4 aromatic rings. The Kier molecular flexibility index (Phi) is 5.34. The minimum absolute atomic E-state index is 0.0448. The Morgan fingerprint density at radius 3 is 2.25 bits per heavy atom. The van der Waals surface area contributed by atoms with E-state index in [1.165, 1.54) is 24.3 Å². The normalized spacial score (nSPS) is 14.3. The van der Waals surface area contributed by atoms with Gasteiger partial charge in [-0.1, -0.05) is 23.5 Å². The second-order valence-corrected chi connectivity index (χ2v) is 8.77. The molecule has 1 aliphatic rings. The predicted molar refractivity (Wildman–Crippen MR) is 120 cm³/mol. The minimum Gasteiger partial charge on any atom is -0.344 e. The summed E-state index contributed by atoms with van der Waals surface area (Å²) >= 11 is 1.58. The van der Waals surface area contributed by atoms with E-state index in [9.17, 15) is 13.6 Å². The molecule has 9 heteroatoms. The van der Waals surface area contributed by atoms with Gasteiger partial charge in [-0.15, -0.1) is 0 Å². The first-order valence-electron chi connectivity index (χ1n) is 10.4. The van der Waals surface area contributed by atoms with Gasteiger partial charge in [0.25, 0.3) is 0 Å². The Morgan fingerprint density at radius 2 is 1.59 bits per heavy atom. The van der Waals surface area contributed by atoms with Gasteiger partial charge in [-0.05, 0) is 48.9 Å². The van der Waals surface area contributed by atoms with Crippen molar-refractivity contribution < 1.29 is 13.6 Å². The maximum absolute atomic E-state index is 13.3. The number of anilines is 1. The molecule has 2 aromatic carbocycles. The number of hydrogen-bond acceptors (Lipinski definition) is 5. The number of nitrogens with zero attached hydrogens (tertiary/aromatic N) is 5. The summed E-state index contributed by atoms with van der Waals surface area (Å²) in [6.45, 7) is 4.54. The molecule has 0 saturated carbocycles. The first kappa shape index (κ1) is 20.6. The van der Waals surface area contributed by atoms with Crippen LogP contribution >= 0.6 is 11.3 Å².